The highest BCUT2D eigenvalue weighted by molar-refractivity contribution is 7.84. The number of furan rings is 1. The zero-order chi connectivity index (χ0) is 25.5. The van der Waals surface area contributed by atoms with Crippen LogP contribution in [0.1, 0.15) is 11.1 Å². The lowest BCUT2D eigenvalue weighted by Crippen LogP contribution is -2.19. The highest BCUT2D eigenvalue weighted by atomic mass is 32.2. The Hall–Kier alpha value is -4.01. The monoisotopic (exact) mass is 512 g/mol. The van der Waals surface area contributed by atoms with Gasteiger partial charge in [-0.2, -0.15) is 0 Å². The van der Waals surface area contributed by atoms with Crippen LogP contribution >= 0.6 is 0 Å². The van der Waals surface area contributed by atoms with E-state index in [2.05, 4.69) is 20.6 Å². The predicted molar refractivity (Wildman–Crippen MR) is 148 cm³/mol. The molecule has 0 fully saturated rings. The first kappa shape index (κ1) is 24.7. The average molecular weight is 513 g/mol. The molecule has 0 aliphatic rings. The fourth-order valence-corrected chi connectivity index (χ4v) is 4.41. The molecule has 2 heterocycles. The van der Waals surface area contributed by atoms with Crippen LogP contribution in [-0.2, 0) is 24.0 Å². The molecule has 0 aliphatic heterocycles. The molecule has 0 amide bonds. The Kier molecular flexibility index (Phi) is 7.88. The largest absolute Gasteiger partial charge is 0.489 e. The number of aromatic nitrogens is 2. The molecule has 2 aromatic heterocycles. The Balaban J connectivity index is 1.31. The molecule has 0 aliphatic carbocycles. The molecule has 0 saturated heterocycles. The summed E-state index contributed by atoms with van der Waals surface area (Å²) in [5.74, 6) is 2.92. The number of anilines is 2. The van der Waals surface area contributed by atoms with Crippen LogP contribution in [0, 0.1) is 0 Å². The molecule has 3 aromatic carbocycles. The van der Waals surface area contributed by atoms with Crippen molar-refractivity contribution in [3.05, 3.63) is 103 Å². The second-order valence-electron chi connectivity index (χ2n) is 8.61. The van der Waals surface area contributed by atoms with Gasteiger partial charge in [0, 0.05) is 58.1 Å². The van der Waals surface area contributed by atoms with Crippen molar-refractivity contribution in [2.45, 2.75) is 13.2 Å². The van der Waals surface area contributed by atoms with Gasteiger partial charge in [-0.1, -0.05) is 30.3 Å². The Morgan fingerprint density at radius 2 is 1.81 bits per heavy atom. The van der Waals surface area contributed by atoms with Gasteiger partial charge in [-0.05, 0) is 54.1 Å². The van der Waals surface area contributed by atoms with E-state index in [9.17, 15) is 4.21 Å². The van der Waals surface area contributed by atoms with Gasteiger partial charge in [-0.3, -0.25) is 4.21 Å². The number of hydrogen-bond acceptors (Lipinski definition) is 7. The maximum absolute atomic E-state index is 11.3. The van der Waals surface area contributed by atoms with Crippen LogP contribution in [0.2, 0.25) is 0 Å². The minimum Gasteiger partial charge on any atom is -0.489 e. The summed E-state index contributed by atoms with van der Waals surface area (Å²) in [5.41, 5.74) is 4.84. The maximum atomic E-state index is 11.3. The van der Waals surface area contributed by atoms with Gasteiger partial charge in [0.2, 0.25) is 0 Å². The van der Waals surface area contributed by atoms with E-state index in [-0.39, 0.29) is 0 Å². The van der Waals surface area contributed by atoms with Crippen molar-refractivity contribution in [3.63, 3.8) is 0 Å². The Bertz CT molecular complexity index is 1490. The molecular weight excluding hydrogens is 484 g/mol. The van der Waals surface area contributed by atoms with Gasteiger partial charge in [-0.25, -0.2) is 9.97 Å². The molecule has 7 nitrogen and oxygen atoms in total. The van der Waals surface area contributed by atoms with Crippen LogP contribution in [0.15, 0.2) is 95.9 Å². The number of nitrogens with zero attached hydrogens (tertiary/aromatic N) is 2. The molecule has 0 bridgehead atoms. The molecule has 1 unspecified atom stereocenters. The lowest BCUT2D eigenvalue weighted by Gasteiger charge is -2.11. The first-order valence-corrected chi connectivity index (χ1v) is 13.7. The topological polar surface area (TPSA) is 89.3 Å². The summed E-state index contributed by atoms with van der Waals surface area (Å²) in [7, 11) is -0.815. The molecule has 8 heteroatoms. The van der Waals surface area contributed by atoms with E-state index in [1.54, 1.807) is 18.8 Å². The van der Waals surface area contributed by atoms with Crippen LogP contribution in [0.5, 0.6) is 5.75 Å². The SMILES string of the molecule is CS(=O)CCNCc1ccoc1-c1ccc2ncnc(Nc3ccc(OCc4ccccc4)cc3)c2c1. The van der Waals surface area contributed by atoms with Gasteiger partial charge < -0.3 is 19.8 Å². The summed E-state index contributed by atoms with van der Waals surface area (Å²) in [6, 6.07) is 25.9. The highest BCUT2D eigenvalue weighted by Gasteiger charge is 2.12. The summed E-state index contributed by atoms with van der Waals surface area (Å²) < 4.78 is 23.0. The smallest absolute Gasteiger partial charge is 0.141 e. The molecule has 0 spiro atoms. The van der Waals surface area contributed by atoms with Gasteiger partial charge in [0.05, 0.1) is 11.8 Å². The molecule has 188 valence electrons. The zero-order valence-corrected chi connectivity index (χ0v) is 21.3. The number of rotatable bonds is 11. The number of hydrogen-bond donors (Lipinski definition) is 2. The fraction of sp³-hybridized carbons (Fsp3) is 0.172. The van der Waals surface area contributed by atoms with E-state index in [1.165, 1.54) is 0 Å². The molecule has 5 rings (SSSR count). The Morgan fingerprint density at radius 1 is 0.973 bits per heavy atom. The molecule has 0 saturated carbocycles. The van der Waals surface area contributed by atoms with Gasteiger partial charge in [0.25, 0.3) is 0 Å². The zero-order valence-electron chi connectivity index (χ0n) is 20.5. The summed E-state index contributed by atoms with van der Waals surface area (Å²) in [6.07, 6.45) is 4.96. The number of ether oxygens (including phenoxy) is 1. The van der Waals surface area contributed by atoms with Gasteiger partial charge >= 0.3 is 0 Å². The van der Waals surface area contributed by atoms with Gasteiger partial charge in [-0.15, -0.1) is 0 Å². The van der Waals surface area contributed by atoms with Crippen LogP contribution < -0.4 is 15.4 Å². The second-order valence-corrected chi connectivity index (χ2v) is 10.2. The van der Waals surface area contributed by atoms with Crippen LogP contribution in [0.3, 0.4) is 0 Å². The van der Waals surface area contributed by atoms with Crippen molar-refractivity contribution < 1.29 is 13.4 Å². The van der Waals surface area contributed by atoms with Crippen molar-refractivity contribution in [2.24, 2.45) is 0 Å². The van der Waals surface area contributed by atoms with Crippen molar-refractivity contribution in [3.8, 4) is 17.1 Å². The number of benzene rings is 3. The van der Waals surface area contributed by atoms with Crippen LogP contribution in [0.4, 0.5) is 11.5 Å². The van der Waals surface area contributed by atoms with E-state index < -0.39 is 10.8 Å². The molecule has 1 atom stereocenters. The average Bonchev–Trinajstić information content (AvgIpc) is 3.40. The lowest BCUT2D eigenvalue weighted by molar-refractivity contribution is 0.306. The molecule has 0 radical (unpaired) electrons. The molecule has 37 heavy (non-hydrogen) atoms. The van der Waals surface area contributed by atoms with Crippen LogP contribution in [0.25, 0.3) is 22.2 Å². The van der Waals surface area contributed by atoms with Gasteiger partial charge in [0.15, 0.2) is 0 Å². The predicted octanol–water partition coefficient (Wildman–Crippen LogP) is 5.68. The first-order valence-electron chi connectivity index (χ1n) is 12.0. The van der Waals surface area contributed by atoms with E-state index in [0.717, 1.165) is 44.8 Å². The fourth-order valence-electron chi connectivity index (χ4n) is 3.98. The molecular formula is C29H28N4O3S. The number of nitrogens with one attached hydrogen (secondary N) is 2. The minimum atomic E-state index is -0.815. The van der Waals surface area contributed by atoms with Gasteiger partial charge in [0.1, 0.15) is 30.3 Å². The van der Waals surface area contributed by atoms with Crippen molar-refractivity contribution in [2.75, 3.05) is 23.9 Å². The standard InChI is InChI=1S/C29H28N4O3S/c1-37(34)16-14-30-18-23-13-15-35-28(23)22-7-12-27-26(17-22)29(32-20-31-27)33-24-8-10-25(11-9-24)36-19-21-5-3-2-4-6-21/h2-13,15,17,20,30H,14,16,18-19H2,1H3,(H,31,32,33). The normalized spacial score (nSPS) is 11.9. The summed E-state index contributed by atoms with van der Waals surface area (Å²) in [6.45, 7) is 1.84. The third-order valence-corrected chi connectivity index (χ3v) is 6.67. The second kappa shape index (κ2) is 11.8. The summed E-state index contributed by atoms with van der Waals surface area (Å²) in [5, 5.41) is 7.63. The number of fused-ring (bicyclic) bond motifs is 1. The third kappa shape index (κ3) is 6.41. The van der Waals surface area contributed by atoms with Crippen molar-refractivity contribution >= 4 is 33.2 Å². The third-order valence-electron chi connectivity index (χ3n) is 5.89. The molecule has 5 aromatic rings. The van der Waals surface area contributed by atoms with E-state index in [0.29, 0.717) is 31.3 Å². The van der Waals surface area contributed by atoms with E-state index in [1.807, 2.05) is 78.9 Å². The summed E-state index contributed by atoms with van der Waals surface area (Å²) in [4.78, 5) is 8.93. The van der Waals surface area contributed by atoms with E-state index in [4.69, 9.17) is 9.15 Å². The maximum Gasteiger partial charge on any atom is 0.141 e. The van der Waals surface area contributed by atoms with Crippen LogP contribution in [-0.4, -0.2) is 32.7 Å². The Labute approximate surface area is 218 Å². The van der Waals surface area contributed by atoms with E-state index >= 15 is 0 Å². The summed E-state index contributed by atoms with van der Waals surface area (Å²) >= 11 is 0. The minimum absolute atomic E-state index is 0.523. The lowest BCUT2D eigenvalue weighted by atomic mass is 10.1. The molecule has 2 N–H and O–H groups in total. The van der Waals surface area contributed by atoms with Crippen molar-refractivity contribution in [1.82, 2.24) is 15.3 Å². The first-order chi connectivity index (χ1) is 18.2. The highest BCUT2D eigenvalue weighted by Crippen LogP contribution is 2.31. The van der Waals surface area contributed by atoms with Crippen molar-refractivity contribution in [1.29, 1.82) is 0 Å². The Morgan fingerprint density at radius 3 is 2.62 bits per heavy atom. The quantitative estimate of drug-likeness (QED) is 0.220.